The summed E-state index contributed by atoms with van der Waals surface area (Å²) in [5.41, 5.74) is 3.19. The molecule has 0 fully saturated rings. The third-order valence-electron chi connectivity index (χ3n) is 2.58. The first kappa shape index (κ1) is 12.5. The Morgan fingerprint density at radius 3 is 1.92 bits per heavy atom. The number of rotatable bonds is 7. The lowest BCUT2D eigenvalue weighted by atomic mass is 10.1. The van der Waals surface area contributed by atoms with Crippen molar-refractivity contribution in [3.8, 4) is 0 Å². The van der Waals surface area contributed by atoms with Gasteiger partial charge in [0.25, 0.3) is 0 Å². The lowest BCUT2D eigenvalue weighted by molar-refractivity contribution is 0.499. The van der Waals surface area contributed by atoms with Crippen molar-refractivity contribution in [3.63, 3.8) is 0 Å². The zero-order valence-electron chi connectivity index (χ0n) is 9.51. The maximum Gasteiger partial charge on any atom is 0.0434 e. The number of hydrazone groups is 1. The van der Waals surface area contributed by atoms with Gasteiger partial charge in [0.15, 0.2) is 0 Å². The van der Waals surface area contributed by atoms with Gasteiger partial charge in [-0.05, 0) is 31.6 Å². The molecule has 1 N–H and O–H groups in total. The number of hydrogen-bond acceptors (Lipinski definition) is 2. The van der Waals surface area contributed by atoms with Crippen molar-refractivity contribution in [1.82, 2.24) is 5.43 Å². The molecule has 0 saturated heterocycles. The third-order valence-corrected chi connectivity index (χ3v) is 2.58. The molecule has 2 nitrogen and oxygen atoms in total. The second kappa shape index (κ2) is 8.09. The van der Waals surface area contributed by atoms with Gasteiger partial charge in [-0.1, -0.05) is 27.7 Å². The molecule has 0 aliphatic rings. The molecule has 0 bridgehead atoms. The van der Waals surface area contributed by atoms with E-state index in [0.717, 1.165) is 12.8 Å². The van der Waals surface area contributed by atoms with Crippen molar-refractivity contribution in [2.24, 2.45) is 11.0 Å². The van der Waals surface area contributed by atoms with Crippen LogP contribution in [0.4, 0.5) is 0 Å². The van der Waals surface area contributed by atoms with E-state index in [9.17, 15) is 0 Å². The van der Waals surface area contributed by atoms with Gasteiger partial charge in [0, 0.05) is 12.3 Å². The van der Waals surface area contributed by atoms with Gasteiger partial charge in [-0.25, -0.2) is 0 Å². The van der Waals surface area contributed by atoms with E-state index in [0.29, 0.717) is 12.0 Å². The van der Waals surface area contributed by atoms with E-state index in [2.05, 4.69) is 44.4 Å². The van der Waals surface area contributed by atoms with Crippen molar-refractivity contribution < 1.29 is 0 Å². The molecule has 2 heteroatoms. The molecule has 0 heterocycles. The Bertz CT molecular complexity index is 124. The second-order valence-corrected chi connectivity index (χ2v) is 3.50. The molecule has 0 aliphatic carbocycles. The van der Waals surface area contributed by atoms with Crippen LogP contribution in [-0.4, -0.2) is 12.3 Å². The fraction of sp³-hybridized carbons (Fsp3) is 0.909. The van der Waals surface area contributed by atoms with Gasteiger partial charge in [0.2, 0.25) is 0 Å². The lowest BCUT2D eigenvalue weighted by Crippen LogP contribution is -2.22. The zero-order chi connectivity index (χ0) is 10.1. The van der Waals surface area contributed by atoms with Gasteiger partial charge in [-0.3, -0.25) is 0 Å². The maximum atomic E-state index is 4.28. The van der Waals surface area contributed by atoms with E-state index in [1.807, 2.05) is 0 Å². The highest BCUT2D eigenvalue weighted by Gasteiger charge is 2.00. The Morgan fingerprint density at radius 1 is 1.00 bits per heavy atom. The van der Waals surface area contributed by atoms with Crippen molar-refractivity contribution in [3.05, 3.63) is 0 Å². The molecule has 0 spiro atoms. The Kier molecular flexibility index (Phi) is 7.76. The Labute approximate surface area is 82.8 Å². The van der Waals surface area contributed by atoms with Gasteiger partial charge in [-0.2, -0.15) is 5.10 Å². The smallest absolute Gasteiger partial charge is 0.0434 e. The van der Waals surface area contributed by atoms with Crippen LogP contribution in [0.25, 0.3) is 0 Å². The summed E-state index contributed by atoms with van der Waals surface area (Å²) in [5, 5.41) is 4.28. The van der Waals surface area contributed by atoms with Crippen LogP contribution < -0.4 is 5.43 Å². The minimum atomic E-state index is 0.547. The first-order valence-corrected chi connectivity index (χ1v) is 5.57. The van der Waals surface area contributed by atoms with Gasteiger partial charge in [-0.15, -0.1) is 0 Å². The first-order valence-electron chi connectivity index (χ1n) is 5.57. The molecule has 0 aromatic rings. The summed E-state index contributed by atoms with van der Waals surface area (Å²) in [5.74, 6) is 0.641. The van der Waals surface area contributed by atoms with E-state index in [-0.39, 0.29) is 0 Å². The van der Waals surface area contributed by atoms with E-state index < -0.39 is 0 Å². The van der Waals surface area contributed by atoms with Crippen molar-refractivity contribution in [2.75, 3.05) is 0 Å². The minimum absolute atomic E-state index is 0.547. The van der Waals surface area contributed by atoms with Crippen LogP contribution in [0.2, 0.25) is 0 Å². The maximum absolute atomic E-state index is 4.28. The van der Waals surface area contributed by atoms with Gasteiger partial charge < -0.3 is 5.43 Å². The second-order valence-electron chi connectivity index (χ2n) is 3.50. The molecular formula is C11H24N2. The summed E-state index contributed by atoms with van der Waals surface area (Å²) in [4.78, 5) is 0. The molecular weight excluding hydrogens is 160 g/mol. The molecule has 0 aliphatic heterocycles. The van der Waals surface area contributed by atoms with Crippen molar-refractivity contribution in [2.45, 2.75) is 59.4 Å². The highest BCUT2D eigenvalue weighted by Crippen LogP contribution is 2.03. The largest absolute Gasteiger partial charge is 0.307 e. The molecule has 78 valence electrons. The Morgan fingerprint density at radius 2 is 1.54 bits per heavy atom. The van der Waals surface area contributed by atoms with Gasteiger partial charge in [0.1, 0.15) is 0 Å². The highest BCUT2D eigenvalue weighted by molar-refractivity contribution is 5.60. The van der Waals surface area contributed by atoms with Gasteiger partial charge in [0.05, 0.1) is 0 Å². The van der Waals surface area contributed by atoms with Crippen LogP contribution in [-0.2, 0) is 0 Å². The molecule has 0 aromatic heterocycles. The zero-order valence-corrected chi connectivity index (χ0v) is 9.51. The predicted molar refractivity (Wildman–Crippen MR) is 60.1 cm³/mol. The molecule has 0 aromatic carbocycles. The van der Waals surface area contributed by atoms with Crippen LogP contribution in [0.15, 0.2) is 5.10 Å². The fourth-order valence-corrected chi connectivity index (χ4v) is 1.22. The first-order chi connectivity index (χ1) is 6.28. The van der Waals surface area contributed by atoms with Crippen LogP contribution >= 0.6 is 0 Å². The quantitative estimate of drug-likeness (QED) is 0.477. The normalized spacial score (nSPS) is 11.8. The topological polar surface area (TPSA) is 24.4 Å². The van der Waals surface area contributed by atoms with Crippen LogP contribution in [0.1, 0.15) is 53.4 Å². The van der Waals surface area contributed by atoms with Gasteiger partial charge >= 0.3 is 0 Å². The molecule has 0 atom stereocenters. The monoisotopic (exact) mass is 184 g/mol. The van der Waals surface area contributed by atoms with Crippen LogP contribution in [0.5, 0.6) is 0 Å². The Hall–Kier alpha value is -0.530. The number of nitrogens with one attached hydrogen (secondary N) is 1. The average molecular weight is 184 g/mol. The van der Waals surface area contributed by atoms with Crippen molar-refractivity contribution >= 4 is 6.21 Å². The van der Waals surface area contributed by atoms with Crippen LogP contribution in [0, 0.1) is 5.92 Å². The van der Waals surface area contributed by atoms with Crippen LogP contribution in [0.3, 0.4) is 0 Å². The minimum Gasteiger partial charge on any atom is -0.307 e. The van der Waals surface area contributed by atoms with E-state index in [4.69, 9.17) is 0 Å². The summed E-state index contributed by atoms with van der Waals surface area (Å²) in [6.07, 6.45) is 6.72. The van der Waals surface area contributed by atoms with E-state index in [1.165, 1.54) is 12.8 Å². The molecule has 0 amide bonds. The van der Waals surface area contributed by atoms with E-state index in [1.54, 1.807) is 0 Å². The highest BCUT2D eigenvalue weighted by atomic mass is 15.3. The number of nitrogens with zero attached hydrogens (tertiary/aromatic N) is 1. The predicted octanol–water partition coefficient (Wildman–Crippen LogP) is 3.19. The molecule has 13 heavy (non-hydrogen) atoms. The number of hydrogen-bond donors (Lipinski definition) is 1. The van der Waals surface area contributed by atoms with E-state index >= 15 is 0 Å². The summed E-state index contributed by atoms with van der Waals surface area (Å²) < 4.78 is 0. The summed E-state index contributed by atoms with van der Waals surface area (Å²) >= 11 is 0. The summed E-state index contributed by atoms with van der Waals surface area (Å²) in [7, 11) is 0. The fourth-order valence-electron chi connectivity index (χ4n) is 1.22. The average Bonchev–Trinajstić information content (AvgIpc) is 2.19. The summed E-state index contributed by atoms with van der Waals surface area (Å²) in [6, 6.07) is 0.547. The molecule has 0 radical (unpaired) electrons. The van der Waals surface area contributed by atoms with Crippen molar-refractivity contribution in [1.29, 1.82) is 0 Å². The molecule has 0 saturated carbocycles. The lowest BCUT2D eigenvalue weighted by Gasteiger charge is -2.12. The molecule has 0 rings (SSSR count). The third kappa shape index (κ3) is 5.67. The molecule has 0 unspecified atom stereocenters. The Balaban J connectivity index is 3.70. The SMILES string of the molecule is CCC(C=NNC(CC)CC)CC. The summed E-state index contributed by atoms with van der Waals surface area (Å²) in [6.45, 7) is 8.79. The standard InChI is InChI=1S/C11H24N2/c1-5-10(6-2)9-12-13-11(7-3)8-4/h9-11,13H,5-8H2,1-4H3.